The molecule has 0 saturated carbocycles. The highest BCUT2D eigenvalue weighted by Gasteiger charge is 2.31. The number of halogens is 3. The number of aryl methyl sites for hydroxylation is 1. The first-order valence-corrected chi connectivity index (χ1v) is 11.4. The molecule has 0 atom stereocenters. The zero-order valence-electron chi connectivity index (χ0n) is 18.5. The van der Waals surface area contributed by atoms with E-state index >= 15 is 0 Å². The van der Waals surface area contributed by atoms with Gasteiger partial charge >= 0.3 is 6.18 Å². The Bertz CT molecular complexity index is 1170. The highest BCUT2D eigenvalue weighted by Crippen LogP contribution is 2.32. The molecule has 1 saturated heterocycles. The van der Waals surface area contributed by atoms with Gasteiger partial charge in [0.2, 0.25) is 5.95 Å². The number of benzene rings is 1. The molecular formula is C22H24F3N5O2S. The molecule has 0 bridgehead atoms. The first-order chi connectivity index (χ1) is 15.7. The second-order valence-corrected chi connectivity index (χ2v) is 8.76. The number of carbonyl (C=O) groups excluding carboxylic acids is 1. The molecule has 1 aromatic carbocycles. The fourth-order valence-corrected chi connectivity index (χ4v) is 4.73. The van der Waals surface area contributed by atoms with Crippen LogP contribution in [0.1, 0.15) is 27.3 Å². The molecule has 0 amide bonds. The minimum absolute atomic E-state index is 0.123. The average Bonchev–Trinajstić information content (AvgIpc) is 3.30. The number of alkyl halides is 3. The SMILES string of the molecule is Cc1cc(C(=O)CSc2nnc(N3CCOCC3)n2C)c(C)n1-c1cccc(C(F)(F)F)c1. The molecule has 0 unspecified atom stereocenters. The van der Waals surface area contributed by atoms with Crippen LogP contribution in [0.2, 0.25) is 0 Å². The number of rotatable bonds is 6. The van der Waals surface area contributed by atoms with Gasteiger partial charge in [0.1, 0.15) is 0 Å². The van der Waals surface area contributed by atoms with Crippen molar-refractivity contribution in [3.8, 4) is 5.69 Å². The van der Waals surface area contributed by atoms with Crippen LogP contribution in [0.25, 0.3) is 5.69 Å². The Hall–Kier alpha value is -2.79. The van der Waals surface area contributed by atoms with Crippen LogP contribution < -0.4 is 4.90 Å². The van der Waals surface area contributed by atoms with Crippen LogP contribution in [0.4, 0.5) is 19.1 Å². The molecule has 2 aromatic heterocycles. The fourth-order valence-electron chi connectivity index (χ4n) is 3.94. The van der Waals surface area contributed by atoms with E-state index in [2.05, 4.69) is 15.1 Å². The summed E-state index contributed by atoms with van der Waals surface area (Å²) in [5.74, 6) is 0.750. The van der Waals surface area contributed by atoms with E-state index in [-0.39, 0.29) is 11.5 Å². The van der Waals surface area contributed by atoms with Crippen molar-refractivity contribution >= 4 is 23.5 Å². The molecule has 11 heteroatoms. The van der Waals surface area contributed by atoms with Gasteiger partial charge in [-0.05, 0) is 38.1 Å². The maximum Gasteiger partial charge on any atom is 0.416 e. The van der Waals surface area contributed by atoms with E-state index in [0.29, 0.717) is 41.0 Å². The number of thioether (sulfide) groups is 1. The summed E-state index contributed by atoms with van der Waals surface area (Å²) in [5, 5.41) is 9.08. The van der Waals surface area contributed by atoms with E-state index in [0.717, 1.165) is 31.2 Å². The van der Waals surface area contributed by atoms with Gasteiger partial charge in [-0.3, -0.25) is 9.36 Å². The Morgan fingerprint density at radius 3 is 2.58 bits per heavy atom. The molecule has 33 heavy (non-hydrogen) atoms. The topological polar surface area (TPSA) is 65.2 Å². The number of Topliss-reactive ketones (excluding diaryl/α,β-unsaturated/α-hetero) is 1. The third-order valence-corrected chi connectivity index (χ3v) is 6.62. The van der Waals surface area contributed by atoms with Crippen molar-refractivity contribution in [2.45, 2.75) is 25.2 Å². The first-order valence-electron chi connectivity index (χ1n) is 10.4. The fraction of sp³-hybridized carbons (Fsp3) is 0.409. The van der Waals surface area contributed by atoms with E-state index in [4.69, 9.17) is 4.74 Å². The minimum atomic E-state index is -4.43. The Balaban J connectivity index is 1.51. The zero-order valence-corrected chi connectivity index (χ0v) is 19.3. The van der Waals surface area contributed by atoms with E-state index in [9.17, 15) is 18.0 Å². The van der Waals surface area contributed by atoms with Crippen LogP contribution in [-0.4, -0.2) is 57.2 Å². The number of hydrogen-bond donors (Lipinski definition) is 0. The Morgan fingerprint density at radius 2 is 1.88 bits per heavy atom. The summed E-state index contributed by atoms with van der Waals surface area (Å²) in [5.41, 5.74) is 1.41. The van der Waals surface area contributed by atoms with Gasteiger partial charge in [0, 0.05) is 42.8 Å². The van der Waals surface area contributed by atoms with Crippen LogP contribution in [0.15, 0.2) is 35.5 Å². The molecule has 4 rings (SSSR count). The Labute approximate surface area is 193 Å². The summed E-state index contributed by atoms with van der Waals surface area (Å²) in [6.07, 6.45) is -4.43. The van der Waals surface area contributed by atoms with Gasteiger partial charge in [-0.2, -0.15) is 13.2 Å². The van der Waals surface area contributed by atoms with Gasteiger partial charge in [-0.1, -0.05) is 17.8 Å². The molecule has 0 spiro atoms. The van der Waals surface area contributed by atoms with Crippen molar-refractivity contribution < 1.29 is 22.7 Å². The first kappa shape index (κ1) is 23.4. The molecule has 0 N–H and O–H groups in total. The van der Waals surface area contributed by atoms with Crippen molar-refractivity contribution in [3.05, 3.63) is 52.8 Å². The number of ketones is 1. The summed E-state index contributed by atoms with van der Waals surface area (Å²) >= 11 is 1.28. The van der Waals surface area contributed by atoms with E-state index in [1.54, 1.807) is 30.5 Å². The molecule has 3 aromatic rings. The lowest BCUT2D eigenvalue weighted by molar-refractivity contribution is -0.137. The van der Waals surface area contributed by atoms with Gasteiger partial charge in [0.15, 0.2) is 10.9 Å². The Morgan fingerprint density at radius 1 is 1.15 bits per heavy atom. The van der Waals surface area contributed by atoms with Gasteiger partial charge < -0.3 is 14.2 Å². The van der Waals surface area contributed by atoms with Gasteiger partial charge in [0.25, 0.3) is 0 Å². The van der Waals surface area contributed by atoms with Crippen molar-refractivity contribution in [2.75, 3.05) is 37.0 Å². The van der Waals surface area contributed by atoms with E-state index in [1.165, 1.54) is 17.8 Å². The largest absolute Gasteiger partial charge is 0.416 e. The van der Waals surface area contributed by atoms with Crippen molar-refractivity contribution in [3.63, 3.8) is 0 Å². The Kier molecular flexibility index (Phi) is 6.53. The lowest BCUT2D eigenvalue weighted by Gasteiger charge is -2.27. The lowest BCUT2D eigenvalue weighted by Crippen LogP contribution is -2.37. The quantitative estimate of drug-likeness (QED) is 0.393. The second kappa shape index (κ2) is 9.22. The number of anilines is 1. The highest BCUT2D eigenvalue weighted by molar-refractivity contribution is 7.99. The molecule has 1 aliphatic heterocycles. The standard InChI is InChI=1S/C22H24F3N5O2S/c1-14-11-18(15(2)30(14)17-6-4-5-16(12-17)22(23,24)25)19(31)13-33-21-27-26-20(28(21)3)29-7-9-32-10-8-29/h4-6,11-12H,7-10,13H2,1-3H3. The second-order valence-electron chi connectivity index (χ2n) is 7.82. The van der Waals surface area contributed by atoms with Gasteiger partial charge in [0.05, 0.1) is 24.5 Å². The van der Waals surface area contributed by atoms with Crippen LogP contribution >= 0.6 is 11.8 Å². The summed E-state index contributed by atoms with van der Waals surface area (Å²) in [6, 6.07) is 6.82. The molecule has 176 valence electrons. The van der Waals surface area contributed by atoms with Crippen LogP contribution in [0.3, 0.4) is 0 Å². The normalized spacial score (nSPS) is 14.7. The van der Waals surface area contributed by atoms with Crippen LogP contribution in [-0.2, 0) is 18.0 Å². The predicted molar refractivity (Wildman–Crippen MR) is 119 cm³/mol. The number of ether oxygens (including phenoxy) is 1. The number of nitrogens with zero attached hydrogens (tertiary/aromatic N) is 5. The van der Waals surface area contributed by atoms with E-state index in [1.807, 2.05) is 11.6 Å². The highest BCUT2D eigenvalue weighted by atomic mass is 32.2. The van der Waals surface area contributed by atoms with Gasteiger partial charge in [-0.25, -0.2) is 0 Å². The number of morpholine rings is 1. The van der Waals surface area contributed by atoms with Crippen molar-refractivity contribution in [1.29, 1.82) is 0 Å². The smallest absolute Gasteiger partial charge is 0.378 e. The summed E-state index contributed by atoms with van der Waals surface area (Å²) < 4.78 is 48.3. The summed E-state index contributed by atoms with van der Waals surface area (Å²) in [7, 11) is 1.86. The molecule has 1 fully saturated rings. The number of carbonyl (C=O) groups is 1. The predicted octanol–water partition coefficient (Wildman–Crippen LogP) is 4.05. The molecular weight excluding hydrogens is 455 g/mol. The number of hydrogen-bond acceptors (Lipinski definition) is 6. The third kappa shape index (κ3) is 4.79. The maximum atomic E-state index is 13.1. The molecule has 0 radical (unpaired) electrons. The monoisotopic (exact) mass is 479 g/mol. The molecule has 1 aliphatic rings. The lowest BCUT2D eigenvalue weighted by atomic mass is 10.1. The summed E-state index contributed by atoms with van der Waals surface area (Å²) in [6.45, 7) is 6.25. The summed E-state index contributed by atoms with van der Waals surface area (Å²) in [4.78, 5) is 15.1. The van der Waals surface area contributed by atoms with Crippen LogP contribution in [0, 0.1) is 13.8 Å². The van der Waals surface area contributed by atoms with Crippen LogP contribution in [0.5, 0.6) is 0 Å². The molecule has 7 nitrogen and oxygen atoms in total. The number of aromatic nitrogens is 4. The van der Waals surface area contributed by atoms with Crippen molar-refractivity contribution in [2.24, 2.45) is 7.05 Å². The van der Waals surface area contributed by atoms with E-state index < -0.39 is 11.7 Å². The molecule has 3 heterocycles. The van der Waals surface area contributed by atoms with Gasteiger partial charge in [-0.15, -0.1) is 10.2 Å². The maximum absolute atomic E-state index is 13.1. The molecule has 0 aliphatic carbocycles. The average molecular weight is 480 g/mol. The van der Waals surface area contributed by atoms with Crippen molar-refractivity contribution in [1.82, 2.24) is 19.3 Å². The third-order valence-electron chi connectivity index (χ3n) is 5.60. The minimum Gasteiger partial charge on any atom is -0.378 e. The zero-order chi connectivity index (χ0) is 23.8.